The van der Waals surface area contributed by atoms with Crippen molar-refractivity contribution < 1.29 is 36.3 Å². The van der Waals surface area contributed by atoms with Gasteiger partial charge in [0.05, 0.1) is 10.9 Å². The Balaban J connectivity index is 1.92. The van der Waals surface area contributed by atoms with Crippen LogP contribution in [0.15, 0.2) is 18.3 Å². The van der Waals surface area contributed by atoms with Crippen molar-refractivity contribution in [2.24, 2.45) is 0 Å². The van der Waals surface area contributed by atoms with Gasteiger partial charge in [-0.2, -0.15) is 4.39 Å². The van der Waals surface area contributed by atoms with Gasteiger partial charge < -0.3 is 20.7 Å². The third kappa shape index (κ3) is 4.73. The van der Waals surface area contributed by atoms with E-state index in [2.05, 4.69) is 25.7 Å². The van der Waals surface area contributed by atoms with E-state index in [4.69, 9.17) is 11.6 Å². The summed E-state index contributed by atoms with van der Waals surface area (Å²) in [4.78, 5) is 27.4. The molecule has 3 rings (SSSR count). The summed E-state index contributed by atoms with van der Waals surface area (Å²) in [5.74, 6) is -2.95. The molecule has 30 heavy (non-hydrogen) atoms. The summed E-state index contributed by atoms with van der Waals surface area (Å²) in [7, 11) is 0. The predicted molar refractivity (Wildman–Crippen MR) is 95.3 cm³/mol. The summed E-state index contributed by atoms with van der Waals surface area (Å²) in [6.07, 6.45) is -5.31. The molecule has 7 nitrogen and oxygen atoms in total. The first-order valence-corrected chi connectivity index (χ1v) is 9.39. The van der Waals surface area contributed by atoms with Crippen LogP contribution in [0.1, 0.15) is 16.5 Å². The zero-order valence-corrected chi connectivity index (χ0v) is 16.2. The van der Waals surface area contributed by atoms with E-state index >= 15 is 0 Å². The third-order valence-electron chi connectivity index (χ3n) is 3.95. The van der Waals surface area contributed by atoms with Crippen LogP contribution in [0.4, 0.5) is 26.7 Å². The molecule has 0 saturated carbocycles. The first-order valence-electron chi connectivity index (χ1n) is 8.20. The first-order chi connectivity index (χ1) is 14.2. The maximum atomic E-state index is 14.6. The van der Waals surface area contributed by atoms with Crippen molar-refractivity contribution in [2.75, 3.05) is 6.54 Å². The first kappa shape index (κ1) is 22.0. The van der Waals surface area contributed by atoms with Gasteiger partial charge in [0, 0.05) is 18.3 Å². The smallest absolute Gasteiger partial charge is 0.315 e. The van der Waals surface area contributed by atoms with Crippen LogP contribution in [0, 0.1) is 11.6 Å². The van der Waals surface area contributed by atoms with Crippen LogP contribution in [0.25, 0.3) is 0 Å². The molecule has 14 heteroatoms. The molecule has 1 fully saturated rings. The maximum Gasteiger partial charge on any atom is 0.315 e. The highest BCUT2D eigenvalue weighted by atomic mass is 35.5. The molecule has 162 valence electrons. The van der Waals surface area contributed by atoms with Gasteiger partial charge in [0.25, 0.3) is 5.19 Å². The number of rotatable bonds is 7. The lowest BCUT2D eigenvalue weighted by molar-refractivity contribution is -0.122. The lowest BCUT2D eigenvalue weighted by Crippen LogP contribution is -2.44. The fraction of sp³-hybridized carbons (Fsp3) is 0.312. The average Bonchev–Trinajstić information content (AvgIpc) is 3.34. The van der Waals surface area contributed by atoms with Crippen LogP contribution >= 0.6 is 22.9 Å². The number of carbonyl (C=O) groups excluding carboxylic acids is 2. The standard InChI is InChI=1S/C16H12ClF5N4O3S/c17-9-6(18)2-1-5(10(9)19)11(26-14(27)7-3-23-15(28)25-7)8-4-24-16(30-8)29-13(22)12(20)21/h1-2,4,7,11-13H,3H2,(H,26,27)(H2,23,25,28)/t7?,11-,13?/m1/s1. The van der Waals surface area contributed by atoms with Gasteiger partial charge in [-0.3, -0.25) is 4.79 Å². The number of nitrogens with one attached hydrogen (secondary N) is 3. The summed E-state index contributed by atoms with van der Waals surface area (Å²) in [6, 6.07) is -1.00. The van der Waals surface area contributed by atoms with Gasteiger partial charge in [-0.1, -0.05) is 29.0 Å². The van der Waals surface area contributed by atoms with Gasteiger partial charge >= 0.3 is 18.8 Å². The molecule has 1 aromatic heterocycles. The molecule has 3 amide bonds. The Bertz CT molecular complexity index is 963. The van der Waals surface area contributed by atoms with E-state index in [1.54, 1.807) is 0 Å². The molecule has 1 aromatic carbocycles. The molecular weight excluding hydrogens is 459 g/mol. The molecule has 0 bridgehead atoms. The van der Waals surface area contributed by atoms with Crippen LogP contribution in [-0.2, 0) is 4.79 Å². The minimum Gasteiger partial charge on any atom is -0.429 e. The average molecular weight is 471 g/mol. The maximum absolute atomic E-state index is 14.6. The molecule has 2 aromatic rings. The number of thiazole rings is 1. The van der Waals surface area contributed by atoms with Crippen molar-refractivity contribution in [3.05, 3.63) is 45.4 Å². The van der Waals surface area contributed by atoms with E-state index in [-0.39, 0.29) is 17.0 Å². The topological polar surface area (TPSA) is 92.4 Å². The minimum absolute atomic E-state index is 0.0426. The fourth-order valence-electron chi connectivity index (χ4n) is 2.53. The van der Waals surface area contributed by atoms with Gasteiger partial charge in [0.1, 0.15) is 22.7 Å². The summed E-state index contributed by atoms with van der Waals surface area (Å²) in [5.41, 5.74) is -0.270. The van der Waals surface area contributed by atoms with Crippen molar-refractivity contribution in [3.8, 4) is 5.19 Å². The summed E-state index contributed by atoms with van der Waals surface area (Å²) < 4.78 is 70.3. The van der Waals surface area contributed by atoms with Crippen molar-refractivity contribution in [1.82, 2.24) is 20.9 Å². The number of hydrogen-bond donors (Lipinski definition) is 3. The van der Waals surface area contributed by atoms with E-state index in [9.17, 15) is 31.5 Å². The van der Waals surface area contributed by atoms with E-state index in [1.807, 2.05) is 0 Å². The van der Waals surface area contributed by atoms with Crippen LogP contribution in [0.3, 0.4) is 0 Å². The van der Waals surface area contributed by atoms with E-state index in [0.29, 0.717) is 11.3 Å². The molecule has 0 aliphatic carbocycles. The van der Waals surface area contributed by atoms with Crippen LogP contribution in [0.2, 0.25) is 5.02 Å². The second kappa shape index (κ2) is 9.00. The normalized spacial score (nSPS) is 18.0. The number of benzene rings is 1. The lowest BCUT2D eigenvalue weighted by Gasteiger charge is -2.20. The number of urea groups is 1. The molecule has 0 radical (unpaired) electrons. The monoisotopic (exact) mass is 470 g/mol. The number of aromatic nitrogens is 1. The second-order valence-corrected chi connectivity index (χ2v) is 7.35. The summed E-state index contributed by atoms with van der Waals surface area (Å²) >= 11 is 6.16. The Morgan fingerprint density at radius 1 is 1.33 bits per heavy atom. The van der Waals surface area contributed by atoms with Gasteiger partial charge in [0.15, 0.2) is 0 Å². The number of hydrogen-bond acceptors (Lipinski definition) is 5. The largest absolute Gasteiger partial charge is 0.429 e. The predicted octanol–water partition coefficient (Wildman–Crippen LogP) is 2.90. The number of halogens is 6. The highest BCUT2D eigenvalue weighted by molar-refractivity contribution is 7.13. The Kier molecular flexibility index (Phi) is 6.61. The molecule has 1 aliphatic rings. The molecule has 0 spiro atoms. The van der Waals surface area contributed by atoms with Crippen molar-refractivity contribution in [3.63, 3.8) is 0 Å². The molecule has 2 unspecified atom stereocenters. The number of amides is 3. The van der Waals surface area contributed by atoms with Crippen molar-refractivity contribution in [1.29, 1.82) is 0 Å². The molecular formula is C16H12ClF5N4O3S. The molecule has 2 heterocycles. The van der Waals surface area contributed by atoms with Crippen LogP contribution in [0.5, 0.6) is 5.19 Å². The molecule has 3 N–H and O–H groups in total. The quantitative estimate of drug-likeness (QED) is 0.428. The third-order valence-corrected chi connectivity index (χ3v) is 5.25. The van der Waals surface area contributed by atoms with Gasteiger partial charge in [0.2, 0.25) is 5.91 Å². The highest BCUT2D eigenvalue weighted by Crippen LogP contribution is 2.35. The Morgan fingerprint density at radius 3 is 2.70 bits per heavy atom. The zero-order chi connectivity index (χ0) is 22.0. The number of nitrogens with zero attached hydrogens (tertiary/aromatic N) is 1. The van der Waals surface area contributed by atoms with Gasteiger partial charge in [-0.15, -0.1) is 0 Å². The zero-order valence-electron chi connectivity index (χ0n) is 14.6. The Labute approximate surface area is 174 Å². The highest BCUT2D eigenvalue weighted by Gasteiger charge is 2.32. The summed E-state index contributed by atoms with van der Waals surface area (Å²) in [6.45, 7) is -0.0426. The molecule has 3 atom stereocenters. The Morgan fingerprint density at radius 2 is 2.07 bits per heavy atom. The SMILES string of the molecule is O=C1NCC(C(=O)N[C@@H](c2cnc(OC(F)C(F)F)s2)c2ccc(F)c(Cl)c2F)N1. The van der Waals surface area contributed by atoms with E-state index in [0.717, 1.165) is 18.3 Å². The van der Waals surface area contributed by atoms with Crippen molar-refractivity contribution in [2.45, 2.75) is 24.9 Å². The minimum atomic E-state index is -3.42. The number of carbonyl (C=O) groups is 2. The molecule has 1 aliphatic heterocycles. The van der Waals surface area contributed by atoms with Gasteiger partial charge in [-0.25, -0.2) is 27.3 Å². The van der Waals surface area contributed by atoms with Crippen LogP contribution < -0.4 is 20.7 Å². The van der Waals surface area contributed by atoms with Gasteiger partial charge in [-0.05, 0) is 6.07 Å². The van der Waals surface area contributed by atoms with Crippen LogP contribution in [-0.4, -0.2) is 42.3 Å². The number of ether oxygens (including phenoxy) is 1. The van der Waals surface area contributed by atoms with E-state index < -0.39 is 58.7 Å². The second-order valence-electron chi connectivity index (χ2n) is 5.95. The molecule has 1 saturated heterocycles. The lowest BCUT2D eigenvalue weighted by atomic mass is 10.0. The Hall–Kier alpha value is -2.67. The summed E-state index contributed by atoms with van der Waals surface area (Å²) in [5, 5.41) is 5.82. The fourth-order valence-corrected chi connectivity index (χ4v) is 3.56. The van der Waals surface area contributed by atoms with E-state index in [1.165, 1.54) is 0 Å². The number of alkyl halides is 3. The van der Waals surface area contributed by atoms with Crippen molar-refractivity contribution >= 4 is 34.9 Å².